The van der Waals surface area contributed by atoms with Gasteiger partial charge in [-0.3, -0.25) is 0 Å². The van der Waals surface area contributed by atoms with Gasteiger partial charge < -0.3 is 9.84 Å². The quantitative estimate of drug-likeness (QED) is 0.660. The molecule has 1 aromatic carbocycles. The van der Waals surface area contributed by atoms with Crippen LogP contribution in [0.1, 0.15) is 76.8 Å². The number of ether oxygens (including phenoxy) is 1. The second-order valence-electron chi connectivity index (χ2n) is 9.97. The van der Waals surface area contributed by atoms with Crippen molar-refractivity contribution >= 4 is 11.8 Å². The van der Waals surface area contributed by atoms with Crippen molar-refractivity contribution in [3.05, 3.63) is 29.3 Å². The summed E-state index contributed by atoms with van der Waals surface area (Å²) in [7, 11) is 0. The number of aryl methyl sites for hydroxylation is 1. The number of fused-ring (bicyclic) bond motifs is 5. The Hall–Kier alpha value is -2.04. The summed E-state index contributed by atoms with van der Waals surface area (Å²) in [6, 6.07) is 5.92. The van der Waals surface area contributed by atoms with Gasteiger partial charge in [-0.05, 0) is 100 Å². The van der Waals surface area contributed by atoms with Crippen LogP contribution in [0.4, 0.5) is 4.79 Å². The lowest BCUT2D eigenvalue weighted by molar-refractivity contribution is 0.0527. The van der Waals surface area contributed by atoms with Crippen LogP contribution in [0.3, 0.4) is 0 Å². The van der Waals surface area contributed by atoms with Crippen molar-refractivity contribution in [2.45, 2.75) is 77.7 Å². The van der Waals surface area contributed by atoms with Gasteiger partial charge in [0.2, 0.25) is 0 Å². The maximum atomic E-state index is 12.0. The van der Waals surface area contributed by atoms with Crippen LogP contribution >= 0.6 is 0 Å². The molecule has 2 N–H and O–H groups in total. The molecule has 3 aliphatic carbocycles. The summed E-state index contributed by atoms with van der Waals surface area (Å²) >= 11 is 0. The normalized spacial score (nSPS) is 33.0. The Balaban J connectivity index is 1.52. The van der Waals surface area contributed by atoms with E-state index in [1.165, 1.54) is 17.5 Å². The van der Waals surface area contributed by atoms with Crippen LogP contribution in [0.25, 0.3) is 0 Å². The van der Waals surface area contributed by atoms with Crippen LogP contribution in [-0.2, 0) is 11.2 Å². The molecule has 0 saturated heterocycles. The molecule has 152 valence electrons. The summed E-state index contributed by atoms with van der Waals surface area (Å²) in [6.07, 6.45) is 6.05. The van der Waals surface area contributed by atoms with Gasteiger partial charge >= 0.3 is 6.09 Å². The molecule has 2 fully saturated rings. The minimum Gasteiger partial charge on any atom is -0.508 e. The number of phenolic OH excluding ortho intramolecular Hbond substituents is 1. The van der Waals surface area contributed by atoms with E-state index in [1.54, 1.807) is 0 Å². The highest BCUT2D eigenvalue weighted by Gasteiger charge is 2.53. The number of nitrogens with one attached hydrogen (secondary N) is 1. The molecule has 5 heteroatoms. The maximum Gasteiger partial charge on any atom is 0.428 e. The lowest BCUT2D eigenvalue weighted by atomic mass is 9.55. The number of hydrazone groups is 1. The molecule has 28 heavy (non-hydrogen) atoms. The van der Waals surface area contributed by atoms with Crippen molar-refractivity contribution in [1.29, 1.82) is 0 Å². The maximum absolute atomic E-state index is 12.0. The van der Waals surface area contributed by atoms with Gasteiger partial charge in [-0.1, -0.05) is 13.0 Å². The molecule has 5 nitrogen and oxygen atoms in total. The number of carbonyl (C=O) groups excluding carboxylic acids is 1. The number of aromatic hydroxyl groups is 1. The van der Waals surface area contributed by atoms with Crippen molar-refractivity contribution in [3.8, 4) is 5.75 Å². The largest absolute Gasteiger partial charge is 0.508 e. The first-order chi connectivity index (χ1) is 13.2. The molecule has 0 heterocycles. The Morgan fingerprint density at radius 2 is 2.04 bits per heavy atom. The highest BCUT2D eigenvalue weighted by molar-refractivity contribution is 5.93. The van der Waals surface area contributed by atoms with E-state index in [9.17, 15) is 9.90 Å². The van der Waals surface area contributed by atoms with Crippen LogP contribution in [-0.4, -0.2) is 22.5 Å². The second kappa shape index (κ2) is 6.78. The average molecular weight is 385 g/mol. The molecule has 4 rings (SSSR count). The summed E-state index contributed by atoms with van der Waals surface area (Å²) in [4.78, 5) is 12.0. The van der Waals surface area contributed by atoms with Crippen LogP contribution in [0.5, 0.6) is 5.75 Å². The lowest BCUT2D eigenvalue weighted by Gasteiger charge is -2.49. The van der Waals surface area contributed by atoms with Gasteiger partial charge in [0.25, 0.3) is 0 Å². The molecule has 0 spiro atoms. The smallest absolute Gasteiger partial charge is 0.428 e. The Bertz CT molecular complexity index is 811. The summed E-state index contributed by atoms with van der Waals surface area (Å²) in [5.41, 5.74) is 6.06. The van der Waals surface area contributed by atoms with Crippen molar-refractivity contribution in [2.24, 2.45) is 22.4 Å². The van der Waals surface area contributed by atoms with E-state index < -0.39 is 11.7 Å². The highest BCUT2D eigenvalue weighted by Crippen LogP contribution is 2.59. The first kappa shape index (κ1) is 19.3. The zero-order chi connectivity index (χ0) is 20.1. The molecule has 4 atom stereocenters. The minimum absolute atomic E-state index is 0.0601. The number of hydrogen-bond donors (Lipinski definition) is 2. The van der Waals surface area contributed by atoms with E-state index in [1.807, 2.05) is 32.9 Å². The zero-order valence-corrected chi connectivity index (χ0v) is 17.4. The Labute approximate surface area is 167 Å². The fourth-order valence-corrected chi connectivity index (χ4v) is 5.96. The lowest BCUT2D eigenvalue weighted by Crippen LogP contribution is -2.43. The van der Waals surface area contributed by atoms with Crippen LogP contribution in [0.2, 0.25) is 0 Å². The molecule has 2 saturated carbocycles. The summed E-state index contributed by atoms with van der Waals surface area (Å²) in [6.45, 7) is 7.90. The standard InChI is InChI=1S/C23H32N2O3/c1-22(2,3)28-21(27)25-24-20-10-9-19-18-7-5-14-13-15(26)6-8-16(14)17(18)11-12-23(19,20)4/h6,8,13,17-19,26H,5,7,9-12H2,1-4H3,(H,25,27)/b24-20-/t17-,18+,19+,23-/m1/s1. The topological polar surface area (TPSA) is 70.9 Å². The number of amides is 1. The van der Waals surface area contributed by atoms with E-state index in [-0.39, 0.29) is 5.41 Å². The first-order valence-corrected chi connectivity index (χ1v) is 10.6. The molecule has 1 aromatic rings. The zero-order valence-electron chi connectivity index (χ0n) is 17.4. The average Bonchev–Trinajstić information content (AvgIpc) is 2.94. The summed E-state index contributed by atoms with van der Waals surface area (Å²) in [5.74, 6) is 2.22. The third kappa shape index (κ3) is 3.40. The SMILES string of the molecule is CC(C)(C)OC(=O)N/N=C1/CC[C@H]2[C@H]3CCc4cc(O)ccc4[C@H]3CC[C@@]12C. The Morgan fingerprint density at radius 1 is 1.25 bits per heavy atom. The monoisotopic (exact) mass is 384 g/mol. The minimum atomic E-state index is -0.519. The van der Waals surface area contributed by atoms with E-state index in [4.69, 9.17) is 4.74 Å². The Morgan fingerprint density at radius 3 is 2.79 bits per heavy atom. The van der Waals surface area contributed by atoms with E-state index in [0.717, 1.165) is 37.8 Å². The van der Waals surface area contributed by atoms with Gasteiger partial charge in [-0.25, -0.2) is 10.2 Å². The number of nitrogens with zero attached hydrogens (tertiary/aromatic N) is 1. The predicted molar refractivity (Wildman–Crippen MR) is 110 cm³/mol. The van der Waals surface area contributed by atoms with E-state index in [2.05, 4.69) is 23.5 Å². The summed E-state index contributed by atoms with van der Waals surface area (Å²) in [5, 5.41) is 14.3. The van der Waals surface area contributed by atoms with Crippen molar-refractivity contribution in [3.63, 3.8) is 0 Å². The van der Waals surface area contributed by atoms with Crippen molar-refractivity contribution < 1.29 is 14.6 Å². The molecule has 0 bridgehead atoms. The van der Waals surface area contributed by atoms with Gasteiger partial charge in [0.1, 0.15) is 11.4 Å². The first-order valence-electron chi connectivity index (χ1n) is 10.6. The van der Waals surface area contributed by atoms with E-state index in [0.29, 0.717) is 23.5 Å². The fourth-order valence-electron chi connectivity index (χ4n) is 5.96. The fraction of sp³-hybridized carbons (Fsp3) is 0.652. The highest BCUT2D eigenvalue weighted by atomic mass is 16.6. The van der Waals surface area contributed by atoms with Crippen LogP contribution < -0.4 is 5.43 Å². The molecule has 0 unspecified atom stereocenters. The van der Waals surface area contributed by atoms with Crippen LogP contribution in [0, 0.1) is 17.3 Å². The van der Waals surface area contributed by atoms with Crippen molar-refractivity contribution in [2.75, 3.05) is 0 Å². The molecule has 3 aliphatic rings. The number of carbonyl (C=O) groups is 1. The Kier molecular flexibility index (Phi) is 4.67. The van der Waals surface area contributed by atoms with Gasteiger partial charge in [-0.2, -0.15) is 5.10 Å². The van der Waals surface area contributed by atoms with Crippen LogP contribution in [0.15, 0.2) is 23.3 Å². The third-order valence-corrected chi connectivity index (χ3v) is 7.13. The number of rotatable bonds is 1. The molecule has 0 aromatic heterocycles. The molecular formula is C23H32N2O3. The molecule has 0 radical (unpaired) electrons. The number of benzene rings is 1. The predicted octanol–water partition coefficient (Wildman–Crippen LogP) is 5.13. The molecule has 0 aliphatic heterocycles. The number of phenols is 1. The van der Waals surface area contributed by atoms with E-state index >= 15 is 0 Å². The van der Waals surface area contributed by atoms with Gasteiger partial charge in [0.15, 0.2) is 0 Å². The molecular weight excluding hydrogens is 352 g/mol. The van der Waals surface area contributed by atoms with Gasteiger partial charge in [0, 0.05) is 11.1 Å². The van der Waals surface area contributed by atoms with Gasteiger partial charge in [-0.15, -0.1) is 0 Å². The van der Waals surface area contributed by atoms with Crippen molar-refractivity contribution in [1.82, 2.24) is 5.43 Å². The van der Waals surface area contributed by atoms with Gasteiger partial charge in [0.05, 0.1) is 0 Å². The second-order valence-corrected chi connectivity index (χ2v) is 9.97. The number of hydrogen-bond acceptors (Lipinski definition) is 4. The molecule has 1 amide bonds. The summed E-state index contributed by atoms with van der Waals surface area (Å²) < 4.78 is 5.32. The third-order valence-electron chi connectivity index (χ3n) is 7.13.